The van der Waals surface area contributed by atoms with Gasteiger partial charge in [0.2, 0.25) is 0 Å². The van der Waals surface area contributed by atoms with Gasteiger partial charge in [-0.2, -0.15) is 0 Å². The molecule has 4 rings (SSSR count). The molecule has 168 valence electrons. The van der Waals surface area contributed by atoms with Crippen LogP contribution in [0.3, 0.4) is 0 Å². The summed E-state index contributed by atoms with van der Waals surface area (Å²) in [5.74, 6) is -0.172. The van der Waals surface area contributed by atoms with E-state index in [1.54, 1.807) is 6.07 Å². The number of ether oxygens (including phenoxy) is 1. The first-order valence-corrected chi connectivity index (χ1v) is 11.3. The molecule has 32 heavy (non-hydrogen) atoms. The first-order valence-electron chi connectivity index (χ1n) is 11.3. The molecule has 0 fully saturated rings. The Balaban J connectivity index is 1.57. The lowest BCUT2D eigenvalue weighted by Crippen LogP contribution is -2.24. The minimum atomic E-state index is -0.614. The summed E-state index contributed by atoms with van der Waals surface area (Å²) in [7, 11) is 0. The molecule has 5 nitrogen and oxygen atoms in total. The predicted molar refractivity (Wildman–Crippen MR) is 125 cm³/mol. The van der Waals surface area contributed by atoms with Crippen molar-refractivity contribution >= 4 is 22.7 Å². The van der Waals surface area contributed by atoms with Crippen LogP contribution in [0, 0.1) is 5.82 Å². The predicted octanol–water partition coefficient (Wildman–Crippen LogP) is 5.05. The number of amides is 1. The number of aromatic nitrogens is 1. The number of rotatable bonds is 7. The molecule has 2 aliphatic rings. The van der Waals surface area contributed by atoms with Gasteiger partial charge >= 0.3 is 0 Å². The number of nitrogens with zero attached hydrogens (tertiary/aromatic N) is 2. The van der Waals surface area contributed by atoms with Crippen LogP contribution in [0.4, 0.5) is 10.1 Å². The molecule has 3 heterocycles. The van der Waals surface area contributed by atoms with Crippen LogP contribution in [0.15, 0.2) is 48.4 Å². The van der Waals surface area contributed by atoms with E-state index in [4.69, 9.17) is 4.74 Å². The van der Waals surface area contributed by atoms with Crippen molar-refractivity contribution in [2.24, 2.45) is 0 Å². The molecule has 0 saturated carbocycles. The van der Waals surface area contributed by atoms with Gasteiger partial charge in [0.25, 0.3) is 5.91 Å². The summed E-state index contributed by atoms with van der Waals surface area (Å²) in [6.07, 6.45) is 5.81. The minimum absolute atomic E-state index is 0.282. The number of nitrogens with one attached hydrogen (secondary N) is 1. The molecular formula is C26H30FN3O2. The Labute approximate surface area is 189 Å². The molecule has 1 amide bonds. The van der Waals surface area contributed by atoms with E-state index in [1.165, 1.54) is 12.1 Å². The maximum atomic E-state index is 13.6. The van der Waals surface area contributed by atoms with Gasteiger partial charge in [-0.3, -0.25) is 9.78 Å². The fourth-order valence-electron chi connectivity index (χ4n) is 4.36. The largest absolute Gasteiger partial charge is 0.482 e. The second-order valence-electron chi connectivity index (χ2n) is 8.72. The Hall–Kier alpha value is -2.99. The lowest BCUT2D eigenvalue weighted by atomic mass is 9.93. The Kier molecular flexibility index (Phi) is 6.15. The third-order valence-corrected chi connectivity index (χ3v) is 6.20. The molecule has 6 heteroatoms. The van der Waals surface area contributed by atoms with Gasteiger partial charge < -0.3 is 15.0 Å². The number of aryl methyl sites for hydroxylation is 1. The highest BCUT2D eigenvalue weighted by atomic mass is 19.1. The maximum Gasteiger partial charge on any atom is 0.260 e. The number of pyridine rings is 1. The molecule has 0 radical (unpaired) electrons. The summed E-state index contributed by atoms with van der Waals surface area (Å²) >= 11 is 0. The molecule has 2 aromatic rings. The van der Waals surface area contributed by atoms with Crippen molar-refractivity contribution in [3.63, 3.8) is 0 Å². The van der Waals surface area contributed by atoms with Crippen molar-refractivity contribution < 1.29 is 13.9 Å². The van der Waals surface area contributed by atoms with Crippen LogP contribution >= 0.6 is 0 Å². The monoisotopic (exact) mass is 435 g/mol. The second-order valence-corrected chi connectivity index (χ2v) is 8.72. The molecule has 1 aromatic carbocycles. The summed E-state index contributed by atoms with van der Waals surface area (Å²) in [6.45, 7) is 11.5. The molecule has 0 bridgehead atoms. The highest BCUT2D eigenvalue weighted by molar-refractivity contribution is 6.32. The first-order chi connectivity index (χ1) is 15.3. The second kappa shape index (κ2) is 8.87. The SMILES string of the molecule is CCN(CC)CCCc1ccc(C2=C/C(=C3\C(=O)Nc4cc(F)ccc43)OC2(C)C)cn1. The number of halogens is 1. The van der Waals surface area contributed by atoms with Gasteiger partial charge in [0.05, 0.1) is 11.3 Å². The van der Waals surface area contributed by atoms with E-state index in [1.807, 2.05) is 26.1 Å². The lowest BCUT2D eigenvalue weighted by Gasteiger charge is -2.23. The molecule has 0 aliphatic carbocycles. The van der Waals surface area contributed by atoms with Crippen molar-refractivity contribution in [2.45, 2.75) is 46.1 Å². The van der Waals surface area contributed by atoms with Crippen molar-refractivity contribution in [3.8, 4) is 0 Å². The van der Waals surface area contributed by atoms with Crippen LogP contribution in [0.5, 0.6) is 0 Å². The average molecular weight is 436 g/mol. The zero-order valence-electron chi connectivity index (χ0n) is 19.2. The molecular weight excluding hydrogens is 405 g/mol. The Morgan fingerprint density at radius 3 is 2.62 bits per heavy atom. The summed E-state index contributed by atoms with van der Waals surface area (Å²) in [5, 5.41) is 2.73. The van der Waals surface area contributed by atoms with Gasteiger partial charge in [-0.25, -0.2) is 4.39 Å². The quantitative estimate of drug-likeness (QED) is 0.619. The van der Waals surface area contributed by atoms with Crippen LogP contribution in [0.2, 0.25) is 0 Å². The lowest BCUT2D eigenvalue weighted by molar-refractivity contribution is -0.111. The maximum absolute atomic E-state index is 13.6. The average Bonchev–Trinajstić information content (AvgIpc) is 3.25. The molecule has 1 N–H and O–H groups in total. The zero-order valence-corrected chi connectivity index (χ0v) is 19.2. The molecule has 0 spiro atoms. The highest BCUT2D eigenvalue weighted by Gasteiger charge is 2.38. The summed E-state index contributed by atoms with van der Waals surface area (Å²) in [4.78, 5) is 19.7. The number of fused-ring (bicyclic) bond motifs is 1. The summed E-state index contributed by atoms with van der Waals surface area (Å²) < 4.78 is 19.8. The van der Waals surface area contributed by atoms with Gasteiger partial charge in [-0.1, -0.05) is 19.9 Å². The van der Waals surface area contributed by atoms with E-state index < -0.39 is 5.60 Å². The zero-order chi connectivity index (χ0) is 22.9. The third-order valence-electron chi connectivity index (χ3n) is 6.20. The molecule has 0 atom stereocenters. The van der Waals surface area contributed by atoms with Crippen molar-refractivity contribution in [2.75, 3.05) is 25.0 Å². The number of allylic oxidation sites excluding steroid dienone is 1. The number of benzene rings is 1. The van der Waals surface area contributed by atoms with Gasteiger partial charge in [0.15, 0.2) is 0 Å². The van der Waals surface area contributed by atoms with E-state index in [9.17, 15) is 9.18 Å². The summed E-state index contributed by atoms with van der Waals surface area (Å²) in [6, 6.07) is 8.44. The third kappa shape index (κ3) is 4.32. The summed E-state index contributed by atoms with van der Waals surface area (Å²) in [5.41, 5.74) is 3.95. The van der Waals surface area contributed by atoms with E-state index in [-0.39, 0.29) is 11.7 Å². The number of anilines is 1. The number of hydrogen-bond acceptors (Lipinski definition) is 4. The number of carbonyl (C=O) groups excluding carboxylic acids is 1. The topological polar surface area (TPSA) is 54.5 Å². The van der Waals surface area contributed by atoms with E-state index in [2.05, 4.69) is 41.2 Å². The van der Waals surface area contributed by atoms with Crippen LogP contribution in [-0.2, 0) is 16.0 Å². The standard InChI is InChI=1S/C26H30FN3O2/c1-5-30(6-2)13-7-8-19-11-9-17(16-28-19)21-15-23(32-26(21,3)4)24-20-12-10-18(27)14-22(20)29-25(24)31/h9-12,14-16H,5-8,13H2,1-4H3,(H,29,31)/b24-23+. The van der Waals surface area contributed by atoms with Crippen molar-refractivity contribution in [3.05, 3.63) is 71.0 Å². The molecule has 2 aliphatic heterocycles. The number of carbonyl (C=O) groups is 1. The van der Waals surface area contributed by atoms with E-state index in [0.717, 1.165) is 49.3 Å². The Bertz CT molecular complexity index is 1080. The highest BCUT2D eigenvalue weighted by Crippen LogP contribution is 2.44. The van der Waals surface area contributed by atoms with E-state index >= 15 is 0 Å². The molecule has 1 aromatic heterocycles. The van der Waals surface area contributed by atoms with Gasteiger partial charge in [0, 0.05) is 28.6 Å². The molecule has 0 saturated heterocycles. The smallest absolute Gasteiger partial charge is 0.260 e. The van der Waals surface area contributed by atoms with Crippen molar-refractivity contribution in [1.82, 2.24) is 9.88 Å². The fourth-order valence-corrected chi connectivity index (χ4v) is 4.36. The van der Waals surface area contributed by atoms with Crippen LogP contribution in [0.25, 0.3) is 11.1 Å². The van der Waals surface area contributed by atoms with Gasteiger partial charge in [-0.05, 0) is 76.7 Å². The Morgan fingerprint density at radius 2 is 1.94 bits per heavy atom. The van der Waals surface area contributed by atoms with Crippen LogP contribution < -0.4 is 5.32 Å². The molecule has 0 unspecified atom stereocenters. The fraction of sp³-hybridized carbons (Fsp3) is 0.385. The number of hydrogen-bond donors (Lipinski definition) is 1. The van der Waals surface area contributed by atoms with E-state index in [0.29, 0.717) is 22.6 Å². The Morgan fingerprint density at radius 1 is 1.16 bits per heavy atom. The van der Waals surface area contributed by atoms with Gasteiger partial charge in [-0.15, -0.1) is 0 Å². The van der Waals surface area contributed by atoms with Crippen LogP contribution in [-0.4, -0.2) is 41.0 Å². The minimum Gasteiger partial charge on any atom is -0.482 e. The first kappa shape index (κ1) is 22.2. The van der Waals surface area contributed by atoms with Gasteiger partial charge in [0.1, 0.15) is 17.2 Å². The normalized spacial score (nSPS) is 19.1. The van der Waals surface area contributed by atoms with Crippen molar-refractivity contribution in [1.29, 1.82) is 0 Å². The van der Waals surface area contributed by atoms with Crippen LogP contribution in [0.1, 0.15) is 50.9 Å².